The summed E-state index contributed by atoms with van der Waals surface area (Å²) >= 11 is 0. The molecule has 14 heteroatoms. The minimum atomic E-state index is -5.26. The summed E-state index contributed by atoms with van der Waals surface area (Å²) in [5.74, 6) is -5.91. The SMILES string of the molecule is CCC(C)OC(=O)[C@H](NC(=O)[C@@](OC)(c1ccccc1)C(F)(F)F)[C@H](C)c1ccc(OC(=O)[C@@](OC)(c2ccccc2)C(F)(F)F)cc1. The average Bonchev–Trinajstić information content (AvgIpc) is 3.04. The number of esters is 2. The van der Waals surface area contributed by atoms with Crippen LogP contribution in [0.2, 0.25) is 0 Å². The molecule has 0 fully saturated rings. The normalized spacial score (nSPS) is 16.4. The van der Waals surface area contributed by atoms with E-state index in [2.05, 4.69) is 5.32 Å². The van der Waals surface area contributed by atoms with Crippen LogP contribution in [-0.2, 0) is 39.8 Å². The summed E-state index contributed by atoms with van der Waals surface area (Å²) in [4.78, 5) is 39.8. The van der Waals surface area contributed by atoms with Gasteiger partial charge in [0.25, 0.3) is 17.1 Å². The maximum atomic E-state index is 14.6. The summed E-state index contributed by atoms with van der Waals surface area (Å²) in [6.07, 6.45) is -10.8. The third-order valence-electron chi connectivity index (χ3n) is 7.93. The molecule has 5 atom stereocenters. The van der Waals surface area contributed by atoms with Gasteiger partial charge in [-0.3, -0.25) is 4.79 Å². The maximum absolute atomic E-state index is 14.6. The number of halogens is 6. The lowest BCUT2D eigenvalue weighted by atomic mass is 9.89. The first kappa shape index (κ1) is 38.0. The zero-order chi connectivity index (χ0) is 35.9. The molecule has 0 aromatic heterocycles. The van der Waals surface area contributed by atoms with Crippen molar-refractivity contribution in [1.29, 1.82) is 0 Å². The van der Waals surface area contributed by atoms with Gasteiger partial charge in [-0.05, 0) is 31.0 Å². The Kier molecular flexibility index (Phi) is 12.0. The summed E-state index contributed by atoms with van der Waals surface area (Å²) < 4.78 is 107. The van der Waals surface area contributed by atoms with Crippen molar-refractivity contribution in [3.63, 3.8) is 0 Å². The molecule has 0 spiro atoms. The van der Waals surface area contributed by atoms with Crippen LogP contribution in [0.1, 0.15) is 49.8 Å². The molecule has 48 heavy (non-hydrogen) atoms. The van der Waals surface area contributed by atoms with Crippen molar-refractivity contribution in [2.75, 3.05) is 14.2 Å². The Bertz CT molecular complexity index is 1530. The Hall–Kier alpha value is -4.43. The standard InChI is InChI=1S/C34H35F6NO7/c1-6-21(2)47-28(42)27(41-29(43)31(45-4,33(35,36)37)24-13-9-7-10-14-24)22(3)23-17-19-26(20-18-23)48-30(44)32(46-5,34(38,39)40)25-15-11-8-12-16-25/h7-22,27H,6H2,1-5H3,(H,41,43)/t21?,22-,27-,31+,32+/m1/s1. The van der Waals surface area contributed by atoms with E-state index in [0.717, 1.165) is 36.4 Å². The number of ether oxygens (including phenoxy) is 4. The molecule has 0 aliphatic heterocycles. The van der Waals surface area contributed by atoms with E-state index >= 15 is 0 Å². The van der Waals surface area contributed by atoms with E-state index in [1.54, 1.807) is 13.8 Å². The van der Waals surface area contributed by atoms with Gasteiger partial charge in [0.2, 0.25) is 0 Å². The molecule has 1 amide bonds. The smallest absolute Gasteiger partial charge is 0.432 e. The minimum absolute atomic E-state index is 0.229. The summed E-state index contributed by atoms with van der Waals surface area (Å²) in [7, 11) is 1.43. The molecule has 1 unspecified atom stereocenters. The van der Waals surface area contributed by atoms with Gasteiger partial charge in [0, 0.05) is 31.3 Å². The van der Waals surface area contributed by atoms with Gasteiger partial charge >= 0.3 is 24.3 Å². The highest BCUT2D eigenvalue weighted by Crippen LogP contribution is 2.44. The van der Waals surface area contributed by atoms with Crippen molar-refractivity contribution in [3.05, 3.63) is 102 Å². The van der Waals surface area contributed by atoms with E-state index in [0.29, 0.717) is 20.6 Å². The van der Waals surface area contributed by atoms with Crippen LogP contribution in [-0.4, -0.2) is 56.6 Å². The van der Waals surface area contributed by atoms with Crippen LogP contribution in [0, 0.1) is 0 Å². The Morgan fingerprint density at radius 2 is 1.17 bits per heavy atom. The maximum Gasteiger partial charge on any atom is 0.432 e. The number of hydrogen-bond donors (Lipinski definition) is 1. The Labute approximate surface area is 273 Å². The van der Waals surface area contributed by atoms with E-state index in [1.165, 1.54) is 55.5 Å². The summed E-state index contributed by atoms with van der Waals surface area (Å²) in [6, 6.07) is 15.4. The third kappa shape index (κ3) is 7.49. The van der Waals surface area contributed by atoms with Crippen LogP contribution in [0.4, 0.5) is 26.3 Å². The first-order valence-corrected chi connectivity index (χ1v) is 14.7. The second-order valence-electron chi connectivity index (χ2n) is 10.9. The van der Waals surface area contributed by atoms with E-state index in [-0.39, 0.29) is 11.3 Å². The third-order valence-corrected chi connectivity index (χ3v) is 7.93. The number of rotatable bonds is 13. The van der Waals surface area contributed by atoms with Crippen molar-refractivity contribution in [2.45, 2.75) is 68.8 Å². The highest BCUT2D eigenvalue weighted by atomic mass is 19.4. The highest BCUT2D eigenvalue weighted by Gasteiger charge is 2.65. The Balaban J connectivity index is 1.97. The van der Waals surface area contributed by atoms with Crippen molar-refractivity contribution < 1.29 is 59.7 Å². The number of alkyl halides is 6. The van der Waals surface area contributed by atoms with Crippen LogP contribution in [0.25, 0.3) is 0 Å². The number of carbonyl (C=O) groups is 3. The van der Waals surface area contributed by atoms with Gasteiger partial charge in [-0.15, -0.1) is 0 Å². The zero-order valence-electron chi connectivity index (χ0n) is 26.6. The Morgan fingerprint density at radius 3 is 1.58 bits per heavy atom. The molecule has 1 N–H and O–H groups in total. The predicted molar refractivity (Wildman–Crippen MR) is 161 cm³/mol. The zero-order valence-corrected chi connectivity index (χ0v) is 26.6. The van der Waals surface area contributed by atoms with Gasteiger partial charge in [0.15, 0.2) is 0 Å². The molecule has 0 saturated carbocycles. The molecule has 0 bridgehead atoms. The van der Waals surface area contributed by atoms with E-state index < -0.39 is 70.6 Å². The first-order chi connectivity index (χ1) is 22.5. The van der Waals surface area contributed by atoms with Crippen LogP contribution < -0.4 is 10.1 Å². The van der Waals surface area contributed by atoms with Crippen molar-refractivity contribution in [1.82, 2.24) is 5.32 Å². The van der Waals surface area contributed by atoms with E-state index in [9.17, 15) is 40.7 Å². The minimum Gasteiger partial charge on any atom is -0.461 e. The van der Waals surface area contributed by atoms with Crippen molar-refractivity contribution in [2.24, 2.45) is 0 Å². The van der Waals surface area contributed by atoms with E-state index in [1.807, 2.05) is 0 Å². The van der Waals surface area contributed by atoms with Gasteiger partial charge in [-0.2, -0.15) is 26.3 Å². The molecule has 0 saturated heterocycles. The van der Waals surface area contributed by atoms with E-state index in [4.69, 9.17) is 18.9 Å². The number of nitrogens with one attached hydrogen (secondary N) is 1. The summed E-state index contributed by atoms with van der Waals surface area (Å²) in [5, 5.41) is 2.17. The number of benzene rings is 3. The number of methoxy groups -OCH3 is 2. The van der Waals surface area contributed by atoms with Crippen LogP contribution in [0.5, 0.6) is 5.75 Å². The molecule has 260 valence electrons. The molecule has 3 aromatic carbocycles. The highest BCUT2D eigenvalue weighted by molar-refractivity contribution is 5.92. The monoisotopic (exact) mass is 683 g/mol. The fraction of sp³-hybridized carbons (Fsp3) is 0.382. The van der Waals surface area contributed by atoms with Gasteiger partial charge in [-0.1, -0.05) is 86.6 Å². The lowest BCUT2D eigenvalue weighted by molar-refractivity contribution is -0.272. The van der Waals surface area contributed by atoms with Gasteiger partial charge in [-0.25, -0.2) is 9.59 Å². The molecule has 8 nitrogen and oxygen atoms in total. The quantitative estimate of drug-likeness (QED) is 0.121. The van der Waals surface area contributed by atoms with Crippen molar-refractivity contribution >= 4 is 17.8 Å². The topological polar surface area (TPSA) is 100 Å². The van der Waals surface area contributed by atoms with Crippen LogP contribution in [0.3, 0.4) is 0 Å². The molecular weight excluding hydrogens is 648 g/mol. The number of amides is 1. The lowest BCUT2D eigenvalue weighted by Gasteiger charge is -2.35. The molecule has 0 radical (unpaired) electrons. The molecule has 0 aliphatic rings. The summed E-state index contributed by atoms with van der Waals surface area (Å²) in [6.45, 7) is 4.68. The first-order valence-electron chi connectivity index (χ1n) is 14.7. The average molecular weight is 684 g/mol. The molecular formula is C34H35F6NO7. The molecule has 0 heterocycles. The van der Waals surface area contributed by atoms with Gasteiger partial charge < -0.3 is 24.3 Å². The van der Waals surface area contributed by atoms with Crippen LogP contribution >= 0.6 is 0 Å². The van der Waals surface area contributed by atoms with Gasteiger partial charge in [0.1, 0.15) is 11.8 Å². The summed E-state index contributed by atoms with van der Waals surface area (Å²) in [5.41, 5.74) is -7.78. The van der Waals surface area contributed by atoms with Gasteiger partial charge in [0.05, 0.1) is 6.10 Å². The second-order valence-corrected chi connectivity index (χ2v) is 10.9. The fourth-order valence-corrected chi connectivity index (χ4v) is 5.01. The number of carbonyl (C=O) groups excluding carboxylic acids is 3. The lowest BCUT2D eigenvalue weighted by Crippen LogP contribution is -2.59. The Morgan fingerprint density at radius 1 is 0.708 bits per heavy atom. The molecule has 0 aliphatic carbocycles. The molecule has 3 rings (SSSR count). The van der Waals surface area contributed by atoms with Crippen LogP contribution in [0.15, 0.2) is 84.9 Å². The second kappa shape index (κ2) is 15.2. The fourth-order valence-electron chi connectivity index (χ4n) is 5.01. The number of hydrogen-bond acceptors (Lipinski definition) is 7. The molecule has 3 aromatic rings. The largest absolute Gasteiger partial charge is 0.461 e. The predicted octanol–water partition coefficient (Wildman–Crippen LogP) is 6.73. The van der Waals surface area contributed by atoms with Crippen molar-refractivity contribution in [3.8, 4) is 5.75 Å².